The molecule has 0 radical (unpaired) electrons. The first-order valence-corrected chi connectivity index (χ1v) is 7.66. The molecule has 0 atom stereocenters. The lowest BCUT2D eigenvalue weighted by Gasteiger charge is -2.08. The summed E-state index contributed by atoms with van der Waals surface area (Å²) in [7, 11) is -2.98. The van der Waals surface area contributed by atoms with Gasteiger partial charge in [0.15, 0.2) is 11.6 Å². The molecule has 0 aliphatic carbocycles. The highest BCUT2D eigenvalue weighted by Gasteiger charge is 2.07. The SMILES string of the molecule is CCNc1ncc(F)c(NCCCS(C)(=O)=O)n1. The normalized spacial score (nSPS) is 11.3. The van der Waals surface area contributed by atoms with Crippen LogP contribution in [0.5, 0.6) is 0 Å². The average molecular weight is 276 g/mol. The first-order chi connectivity index (χ1) is 8.42. The van der Waals surface area contributed by atoms with Gasteiger partial charge < -0.3 is 10.6 Å². The van der Waals surface area contributed by atoms with Gasteiger partial charge in [-0.25, -0.2) is 17.8 Å². The van der Waals surface area contributed by atoms with Gasteiger partial charge in [0, 0.05) is 19.3 Å². The Bertz CT molecular complexity index is 493. The number of sulfone groups is 1. The van der Waals surface area contributed by atoms with Crippen molar-refractivity contribution in [2.24, 2.45) is 0 Å². The van der Waals surface area contributed by atoms with Gasteiger partial charge in [-0.15, -0.1) is 0 Å². The van der Waals surface area contributed by atoms with Gasteiger partial charge in [0.05, 0.1) is 11.9 Å². The molecule has 0 aliphatic rings. The number of rotatable bonds is 7. The molecule has 0 amide bonds. The third kappa shape index (κ3) is 5.26. The van der Waals surface area contributed by atoms with Crippen molar-refractivity contribution in [3.05, 3.63) is 12.0 Å². The van der Waals surface area contributed by atoms with Crippen LogP contribution < -0.4 is 10.6 Å². The summed E-state index contributed by atoms with van der Waals surface area (Å²) in [6.07, 6.45) is 2.64. The molecule has 2 N–H and O–H groups in total. The molecule has 1 heterocycles. The Balaban J connectivity index is 2.53. The average Bonchev–Trinajstić information content (AvgIpc) is 2.27. The molecule has 0 saturated heterocycles. The van der Waals surface area contributed by atoms with E-state index in [4.69, 9.17) is 0 Å². The molecule has 6 nitrogen and oxygen atoms in total. The van der Waals surface area contributed by atoms with Crippen LogP contribution in [0, 0.1) is 5.82 Å². The predicted octanol–water partition coefficient (Wildman–Crippen LogP) is 0.894. The van der Waals surface area contributed by atoms with Crippen LogP contribution in [0.25, 0.3) is 0 Å². The third-order valence-electron chi connectivity index (χ3n) is 2.06. The van der Waals surface area contributed by atoms with E-state index >= 15 is 0 Å². The summed E-state index contributed by atoms with van der Waals surface area (Å²) in [5.74, 6) is -0.0813. The van der Waals surface area contributed by atoms with E-state index in [0.29, 0.717) is 25.5 Å². The lowest BCUT2D eigenvalue weighted by Crippen LogP contribution is -2.12. The maximum Gasteiger partial charge on any atom is 0.224 e. The third-order valence-corrected chi connectivity index (χ3v) is 3.09. The number of hydrogen-bond donors (Lipinski definition) is 2. The van der Waals surface area contributed by atoms with Crippen molar-refractivity contribution in [3.63, 3.8) is 0 Å². The Labute approximate surface area is 106 Å². The van der Waals surface area contributed by atoms with Gasteiger partial charge in [-0.1, -0.05) is 0 Å². The summed E-state index contributed by atoms with van der Waals surface area (Å²) in [6.45, 7) is 2.86. The first-order valence-electron chi connectivity index (χ1n) is 5.60. The molecule has 0 aromatic carbocycles. The largest absolute Gasteiger partial charge is 0.367 e. The van der Waals surface area contributed by atoms with Gasteiger partial charge in [-0.3, -0.25) is 0 Å². The Kier molecular flexibility index (Phi) is 5.26. The van der Waals surface area contributed by atoms with Gasteiger partial charge in [0.1, 0.15) is 9.84 Å². The number of halogens is 1. The number of nitrogens with zero attached hydrogens (tertiary/aromatic N) is 2. The molecule has 1 aromatic heterocycles. The van der Waals surface area contributed by atoms with Crippen molar-refractivity contribution in [2.75, 3.05) is 35.7 Å². The van der Waals surface area contributed by atoms with Gasteiger partial charge in [0.2, 0.25) is 5.95 Å². The van der Waals surface area contributed by atoms with Crippen molar-refractivity contribution in [2.45, 2.75) is 13.3 Å². The van der Waals surface area contributed by atoms with Crippen molar-refractivity contribution in [1.29, 1.82) is 0 Å². The highest BCUT2D eigenvalue weighted by Crippen LogP contribution is 2.11. The van der Waals surface area contributed by atoms with Crippen molar-refractivity contribution in [1.82, 2.24) is 9.97 Å². The van der Waals surface area contributed by atoms with E-state index in [1.807, 2.05) is 6.92 Å². The van der Waals surface area contributed by atoms with E-state index in [2.05, 4.69) is 20.6 Å². The standard InChI is InChI=1S/C10H17FN4O2S/c1-3-12-10-14-7-8(11)9(15-10)13-5-4-6-18(2,16)17/h7H,3-6H2,1-2H3,(H2,12,13,14,15). The number of hydrogen-bond acceptors (Lipinski definition) is 6. The highest BCUT2D eigenvalue weighted by atomic mass is 32.2. The van der Waals surface area contributed by atoms with Crippen LogP contribution >= 0.6 is 0 Å². The summed E-state index contributed by atoms with van der Waals surface area (Å²) in [4.78, 5) is 7.70. The van der Waals surface area contributed by atoms with Crippen molar-refractivity contribution < 1.29 is 12.8 Å². The molecule has 102 valence electrons. The number of nitrogens with one attached hydrogen (secondary N) is 2. The van der Waals surface area contributed by atoms with E-state index in [1.54, 1.807) is 0 Å². The molecule has 1 aromatic rings. The maximum atomic E-state index is 13.3. The van der Waals surface area contributed by atoms with Crippen LogP contribution in [0.2, 0.25) is 0 Å². The van der Waals surface area contributed by atoms with Crippen molar-refractivity contribution >= 4 is 21.6 Å². The second-order valence-electron chi connectivity index (χ2n) is 3.83. The minimum absolute atomic E-state index is 0.0623. The topological polar surface area (TPSA) is 84.0 Å². The minimum Gasteiger partial charge on any atom is -0.367 e. The molecule has 8 heteroatoms. The zero-order chi connectivity index (χ0) is 13.6. The zero-order valence-corrected chi connectivity index (χ0v) is 11.2. The summed E-state index contributed by atoms with van der Waals surface area (Å²) < 4.78 is 35.2. The van der Waals surface area contributed by atoms with Crippen LogP contribution in [-0.2, 0) is 9.84 Å². The monoisotopic (exact) mass is 276 g/mol. The fourth-order valence-corrected chi connectivity index (χ4v) is 1.94. The fraction of sp³-hybridized carbons (Fsp3) is 0.600. The molecule has 0 unspecified atom stereocenters. The lowest BCUT2D eigenvalue weighted by molar-refractivity contribution is 0.599. The summed E-state index contributed by atoms with van der Waals surface area (Å²) in [5, 5.41) is 5.62. The quantitative estimate of drug-likeness (QED) is 0.720. The van der Waals surface area contributed by atoms with E-state index in [-0.39, 0.29) is 11.6 Å². The minimum atomic E-state index is -2.98. The summed E-state index contributed by atoms with van der Waals surface area (Å²) >= 11 is 0. The van der Waals surface area contributed by atoms with Crippen LogP contribution in [0.1, 0.15) is 13.3 Å². The Morgan fingerprint density at radius 1 is 1.39 bits per heavy atom. The Morgan fingerprint density at radius 2 is 2.11 bits per heavy atom. The van der Waals surface area contributed by atoms with Crippen LogP contribution in [0.4, 0.5) is 16.2 Å². The smallest absolute Gasteiger partial charge is 0.224 e. The zero-order valence-electron chi connectivity index (χ0n) is 10.4. The molecule has 0 bridgehead atoms. The molecule has 0 fully saturated rings. The molecule has 0 aliphatic heterocycles. The molecular weight excluding hydrogens is 259 g/mol. The van der Waals surface area contributed by atoms with E-state index in [1.165, 1.54) is 6.26 Å². The molecule has 1 rings (SSSR count). The van der Waals surface area contributed by atoms with E-state index in [9.17, 15) is 12.8 Å². The second-order valence-corrected chi connectivity index (χ2v) is 6.09. The first kappa shape index (κ1) is 14.6. The number of aromatic nitrogens is 2. The number of anilines is 2. The molecule has 0 saturated carbocycles. The molecule has 0 spiro atoms. The van der Waals surface area contributed by atoms with Crippen LogP contribution in [0.15, 0.2) is 6.20 Å². The second kappa shape index (κ2) is 6.48. The fourth-order valence-electron chi connectivity index (χ4n) is 1.28. The van der Waals surface area contributed by atoms with Crippen LogP contribution in [-0.4, -0.2) is 43.5 Å². The van der Waals surface area contributed by atoms with Gasteiger partial charge in [0.25, 0.3) is 0 Å². The Morgan fingerprint density at radius 3 is 2.72 bits per heavy atom. The lowest BCUT2D eigenvalue weighted by atomic mass is 10.4. The maximum absolute atomic E-state index is 13.3. The van der Waals surface area contributed by atoms with Crippen LogP contribution in [0.3, 0.4) is 0 Å². The summed E-state index contributed by atoms with van der Waals surface area (Å²) in [5.41, 5.74) is 0. The predicted molar refractivity (Wildman–Crippen MR) is 69.0 cm³/mol. The molecule has 18 heavy (non-hydrogen) atoms. The van der Waals surface area contributed by atoms with Gasteiger partial charge in [-0.05, 0) is 13.3 Å². The Hall–Kier alpha value is -1.44. The van der Waals surface area contributed by atoms with Crippen molar-refractivity contribution in [3.8, 4) is 0 Å². The van der Waals surface area contributed by atoms with E-state index < -0.39 is 15.7 Å². The van der Waals surface area contributed by atoms with Gasteiger partial charge >= 0.3 is 0 Å². The van der Waals surface area contributed by atoms with Gasteiger partial charge in [-0.2, -0.15) is 4.98 Å². The molecular formula is C10H17FN4O2S. The highest BCUT2D eigenvalue weighted by molar-refractivity contribution is 7.90. The van der Waals surface area contributed by atoms with E-state index in [0.717, 1.165) is 6.20 Å². The summed E-state index contributed by atoms with van der Waals surface area (Å²) in [6, 6.07) is 0.